The molecule has 2 heterocycles. The number of hydrogen-bond acceptors (Lipinski definition) is 5. The lowest BCUT2D eigenvalue weighted by atomic mass is 9.78. The Labute approximate surface area is 202 Å². The molecule has 2 fully saturated rings. The van der Waals surface area contributed by atoms with E-state index in [9.17, 15) is 13.2 Å². The van der Waals surface area contributed by atoms with Crippen LogP contribution in [0.2, 0.25) is 0 Å². The molecule has 3 unspecified atom stereocenters. The first-order chi connectivity index (χ1) is 16.3. The molecule has 1 aliphatic carbocycles. The fourth-order valence-corrected chi connectivity index (χ4v) is 6.30. The Kier molecular flexibility index (Phi) is 7.85. The number of pyridine rings is 1. The maximum absolute atomic E-state index is 13.2. The summed E-state index contributed by atoms with van der Waals surface area (Å²) >= 11 is 0. The molecule has 2 aliphatic rings. The van der Waals surface area contributed by atoms with Crippen LogP contribution < -0.4 is 10.6 Å². The van der Waals surface area contributed by atoms with Gasteiger partial charge in [0.2, 0.25) is 10.0 Å². The minimum atomic E-state index is -3.56. The fourth-order valence-electron chi connectivity index (χ4n) is 4.88. The van der Waals surface area contributed by atoms with E-state index < -0.39 is 10.0 Å². The Morgan fingerprint density at radius 3 is 2.41 bits per heavy atom. The molecule has 1 saturated heterocycles. The quantitative estimate of drug-likeness (QED) is 0.653. The predicted molar refractivity (Wildman–Crippen MR) is 133 cm³/mol. The maximum Gasteiger partial charge on any atom is 0.319 e. The van der Waals surface area contributed by atoms with Crippen LogP contribution in [-0.2, 0) is 16.6 Å². The third-order valence-corrected chi connectivity index (χ3v) is 9.20. The van der Waals surface area contributed by atoms with Crippen molar-refractivity contribution in [3.8, 4) is 0 Å². The van der Waals surface area contributed by atoms with Gasteiger partial charge >= 0.3 is 6.03 Å². The van der Waals surface area contributed by atoms with Gasteiger partial charge in [-0.3, -0.25) is 9.88 Å². The molecule has 2 N–H and O–H groups in total. The van der Waals surface area contributed by atoms with Crippen molar-refractivity contribution in [1.82, 2.24) is 19.5 Å². The van der Waals surface area contributed by atoms with Crippen molar-refractivity contribution in [2.75, 3.05) is 31.5 Å². The van der Waals surface area contributed by atoms with E-state index in [1.54, 1.807) is 41.0 Å². The van der Waals surface area contributed by atoms with Gasteiger partial charge in [0.05, 0.1) is 4.90 Å². The van der Waals surface area contributed by atoms with Crippen LogP contribution in [0.4, 0.5) is 10.5 Å². The molecule has 0 radical (unpaired) electrons. The summed E-state index contributed by atoms with van der Waals surface area (Å²) in [6.07, 6.45) is 7.04. The standard InChI is InChI=1S/C25H35N5O3S/c1-19-5-8-23(16-20(19)2)29-12-14-30(15-13-29)34(32,33)24-9-6-22(7-10-24)28-25(31)27-18-21-4-3-11-26-17-21/h3-4,6-7,9-11,17,19-20,23H,5,8,12-16,18H2,1-2H3,(H2,27,28,31). The van der Waals surface area contributed by atoms with Gasteiger partial charge in [0.1, 0.15) is 0 Å². The highest BCUT2D eigenvalue weighted by Crippen LogP contribution is 2.32. The molecule has 0 bridgehead atoms. The van der Waals surface area contributed by atoms with E-state index in [0.717, 1.165) is 30.5 Å². The molecule has 184 valence electrons. The lowest BCUT2D eigenvalue weighted by Crippen LogP contribution is -2.53. The predicted octanol–water partition coefficient (Wildman–Crippen LogP) is 3.53. The zero-order valence-corrected chi connectivity index (χ0v) is 20.8. The molecular formula is C25H35N5O3S. The van der Waals surface area contributed by atoms with E-state index >= 15 is 0 Å². The Hall–Kier alpha value is -2.49. The monoisotopic (exact) mass is 485 g/mol. The summed E-state index contributed by atoms with van der Waals surface area (Å²) in [5, 5.41) is 5.49. The van der Waals surface area contributed by atoms with E-state index in [0.29, 0.717) is 31.4 Å². The van der Waals surface area contributed by atoms with Crippen molar-refractivity contribution in [2.24, 2.45) is 11.8 Å². The number of anilines is 1. The van der Waals surface area contributed by atoms with Crippen LogP contribution >= 0.6 is 0 Å². The lowest BCUT2D eigenvalue weighted by Gasteiger charge is -2.43. The Bertz CT molecular complexity index is 1050. The van der Waals surface area contributed by atoms with Crippen molar-refractivity contribution in [3.63, 3.8) is 0 Å². The number of aromatic nitrogens is 1. The molecule has 2 aromatic rings. The number of urea groups is 1. The molecule has 2 amide bonds. The number of nitrogens with one attached hydrogen (secondary N) is 2. The summed E-state index contributed by atoms with van der Waals surface area (Å²) in [6.45, 7) is 7.61. The highest BCUT2D eigenvalue weighted by atomic mass is 32.2. The molecule has 1 aromatic carbocycles. The molecule has 1 saturated carbocycles. The van der Waals surface area contributed by atoms with Crippen molar-refractivity contribution in [3.05, 3.63) is 54.4 Å². The highest BCUT2D eigenvalue weighted by molar-refractivity contribution is 7.89. The summed E-state index contributed by atoms with van der Waals surface area (Å²) in [5.41, 5.74) is 1.43. The smallest absolute Gasteiger partial charge is 0.319 e. The molecule has 8 nitrogen and oxygen atoms in total. The van der Waals surface area contributed by atoms with Crippen LogP contribution in [0, 0.1) is 11.8 Å². The van der Waals surface area contributed by atoms with Crippen LogP contribution in [0.15, 0.2) is 53.7 Å². The van der Waals surface area contributed by atoms with Gasteiger partial charge in [-0.2, -0.15) is 4.31 Å². The number of hydrogen-bond donors (Lipinski definition) is 2. The lowest BCUT2D eigenvalue weighted by molar-refractivity contribution is 0.0795. The van der Waals surface area contributed by atoms with Gasteiger partial charge in [-0.1, -0.05) is 19.9 Å². The first-order valence-electron chi connectivity index (χ1n) is 12.1. The van der Waals surface area contributed by atoms with E-state index in [4.69, 9.17) is 0 Å². The minimum Gasteiger partial charge on any atom is -0.334 e. The second-order valence-electron chi connectivity index (χ2n) is 9.55. The molecule has 0 spiro atoms. The van der Waals surface area contributed by atoms with Gasteiger partial charge in [-0.05, 0) is 67.0 Å². The van der Waals surface area contributed by atoms with Gasteiger partial charge < -0.3 is 10.6 Å². The normalized spacial score (nSPS) is 24.5. The third-order valence-electron chi connectivity index (χ3n) is 7.29. The van der Waals surface area contributed by atoms with Gasteiger partial charge in [-0.25, -0.2) is 13.2 Å². The van der Waals surface area contributed by atoms with Crippen LogP contribution in [-0.4, -0.2) is 60.9 Å². The highest BCUT2D eigenvalue weighted by Gasteiger charge is 2.33. The number of rotatable bonds is 6. The van der Waals surface area contributed by atoms with Crippen molar-refractivity contribution in [2.45, 2.75) is 50.6 Å². The van der Waals surface area contributed by atoms with Crippen molar-refractivity contribution >= 4 is 21.7 Å². The zero-order chi connectivity index (χ0) is 24.1. The molecule has 1 aromatic heterocycles. The third kappa shape index (κ3) is 5.95. The van der Waals surface area contributed by atoms with Crippen LogP contribution in [0.5, 0.6) is 0 Å². The van der Waals surface area contributed by atoms with Crippen LogP contribution in [0.25, 0.3) is 0 Å². The summed E-state index contributed by atoms with van der Waals surface area (Å²) in [5.74, 6) is 1.51. The average molecular weight is 486 g/mol. The average Bonchev–Trinajstić information content (AvgIpc) is 2.85. The van der Waals surface area contributed by atoms with Crippen LogP contribution in [0.3, 0.4) is 0 Å². The number of carbonyl (C=O) groups is 1. The van der Waals surface area contributed by atoms with Crippen molar-refractivity contribution < 1.29 is 13.2 Å². The molecular weight excluding hydrogens is 450 g/mol. The van der Waals surface area contributed by atoms with Gasteiger partial charge in [0.15, 0.2) is 0 Å². The Morgan fingerprint density at radius 2 is 1.76 bits per heavy atom. The summed E-state index contributed by atoms with van der Waals surface area (Å²) in [7, 11) is -3.56. The first-order valence-corrected chi connectivity index (χ1v) is 13.5. The zero-order valence-electron chi connectivity index (χ0n) is 20.0. The number of sulfonamides is 1. The number of amides is 2. The topological polar surface area (TPSA) is 94.6 Å². The second-order valence-corrected chi connectivity index (χ2v) is 11.5. The number of nitrogens with zero attached hydrogens (tertiary/aromatic N) is 3. The molecule has 34 heavy (non-hydrogen) atoms. The Morgan fingerprint density at radius 1 is 1.03 bits per heavy atom. The fraction of sp³-hybridized carbons (Fsp3) is 0.520. The number of benzene rings is 1. The van der Waals surface area contributed by atoms with Crippen molar-refractivity contribution in [1.29, 1.82) is 0 Å². The van der Waals surface area contributed by atoms with Gasteiger partial charge in [0, 0.05) is 56.8 Å². The molecule has 1 aliphatic heterocycles. The van der Waals surface area contributed by atoms with E-state index in [-0.39, 0.29) is 10.9 Å². The number of piperazine rings is 1. The van der Waals surface area contributed by atoms with E-state index in [2.05, 4.69) is 34.4 Å². The van der Waals surface area contributed by atoms with Gasteiger partial charge in [0.25, 0.3) is 0 Å². The number of carbonyl (C=O) groups excluding carboxylic acids is 1. The van der Waals surface area contributed by atoms with E-state index in [1.165, 1.54) is 19.3 Å². The van der Waals surface area contributed by atoms with Gasteiger partial charge in [-0.15, -0.1) is 0 Å². The Balaban J connectivity index is 1.28. The first kappa shape index (κ1) is 24.6. The largest absolute Gasteiger partial charge is 0.334 e. The summed E-state index contributed by atoms with van der Waals surface area (Å²) in [6, 6.07) is 10.3. The summed E-state index contributed by atoms with van der Waals surface area (Å²) < 4.78 is 27.9. The SMILES string of the molecule is CC1CCC(N2CCN(S(=O)(=O)c3ccc(NC(=O)NCc4cccnc4)cc3)CC2)CC1C. The van der Waals surface area contributed by atoms with E-state index in [1.807, 2.05) is 12.1 Å². The molecule has 4 rings (SSSR count). The second kappa shape index (κ2) is 10.8. The minimum absolute atomic E-state index is 0.252. The summed E-state index contributed by atoms with van der Waals surface area (Å²) in [4.78, 5) is 18.9. The molecule has 3 atom stereocenters. The van der Waals surface area contributed by atoms with Crippen LogP contribution in [0.1, 0.15) is 38.7 Å². The maximum atomic E-state index is 13.2. The molecule has 9 heteroatoms.